The lowest BCUT2D eigenvalue weighted by Gasteiger charge is -2.11. The third kappa shape index (κ3) is 3.53. The van der Waals surface area contributed by atoms with E-state index in [0.29, 0.717) is 40.9 Å². The molecule has 1 aliphatic carbocycles. The number of nitro benzene ring substituents is 1. The number of para-hydroxylation sites is 2. The average molecular weight is 401 g/mol. The third-order valence-electron chi connectivity index (χ3n) is 5.24. The largest absolute Gasteiger partial charge is 0.355 e. The predicted octanol–water partition coefficient (Wildman–Crippen LogP) is 4.03. The molecule has 30 heavy (non-hydrogen) atoms. The maximum absolute atomic E-state index is 13.2. The van der Waals surface area contributed by atoms with Crippen molar-refractivity contribution >= 4 is 28.8 Å². The smallest absolute Gasteiger partial charge is 0.292 e. The summed E-state index contributed by atoms with van der Waals surface area (Å²) in [5.74, 6) is -0.362. The van der Waals surface area contributed by atoms with Gasteiger partial charge in [0.15, 0.2) is 5.78 Å². The predicted molar refractivity (Wildman–Crippen MR) is 113 cm³/mol. The molecule has 7 nitrogen and oxygen atoms in total. The van der Waals surface area contributed by atoms with E-state index in [-0.39, 0.29) is 17.4 Å². The number of carbonyl (C=O) groups excluding carboxylic acids is 2. The number of nitrogens with one attached hydrogen (secondary N) is 2. The molecule has 0 spiro atoms. The zero-order chi connectivity index (χ0) is 21.3. The SMILES string of the molecule is CNC(=O)c1ccc2c(c1)C(=O)c1ccc(Nc3ccccc3[N+](=O)[O-])cc1CC2. The molecule has 0 atom stereocenters. The maximum atomic E-state index is 13.2. The third-order valence-corrected chi connectivity index (χ3v) is 5.24. The molecule has 0 saturated heterocycles. The fraction of sp³-hybridized carbons (Fsp3) is 0.130. The molecule has 3 aromatic rings. The number of amides is 1. The Labute approximate surface area is 172 Å². The van der Waals surface area contributed by atoms with Crippen LogP contribution >= 0.6 is 0 Å². The number of hydrogen-bond acceptors (Lipinski definition) is 5. The van der Waals surface area contributed by atoms with Crippen LogP contribution in [0.1, 0.15) is 37.4 Å². The second kappa shape index (κ2) is 7.79. The highest BCUT2D eigenvalue weighted by Crippen LogP contribution is 2.31. The van der Waals surface area contributed by atoms with E-state index in [1.54, 1.807) is 49.5 Å². The standard InChI is InChI=1S/C23H19N3O4/c1-24-23(28)16-9-7-14-6-8-15-12-17(10-11-18(15)22(27)19(14)13-16)25-20-4-2-3-5-21(20)26(29)30/h2-5,7,9-13,25H,6,8H2,1H3,(H,24,28). The molecule has 1 amide bonds. The van der Waals surface area contributed by atoms with Gasteiger partial charge in [0.25, 0.3) is 11.6 Å². The second-order valence-corrected chi connectivity index (χ2v) is 7.05. The van der Waals surface area contributed by atoms with Crippen LogP contribution in [0.15, 0.2) is 60.7 Å². The molecule has 0 radical (unpaired) electrons. The molecule has 7 heteroatoms. The Kier molecular flexibility index (Phi) is 5.02. The summed E-state index contributed by atoms with van der Waals surface area (Å²) in [5, 5.41) is 16.9. The first kappa shape index (κ1) is 19.3. The molecular weight excluding hydrogens is 382 g/mol. The van der Waals surface area contributed by atoms with Crippen LogP contribution in [-0.2, 0) is 12.8 Å². The first-order chi connectivity index (χ1) is 14.5. The van der Waals surface area contributed by atoms with Crippen molar-refractivity contribution in [3.05, 3.63) is 98.6 Å². The maximum Gasteiger partial charge on any atom is 0.292 e. The Morgan fingerprint density at radius 1 is 0.967 bits per heavy atom. The molecule has 2 N–H and O–H groups in total. The van der Waals surface area contributed by atoms with Crippen LogP contribution in [0.3, 0.4) is 0 Å². The van der Waals surface area contributed by atoms with Crippen molar-refractivity contribution in [1.29, 1.82) is 0 Å². The van der Waals surface area contributed by atoms with Gasteiger partial charge in [-0.2, -0.15) is 0 Å². The number of nitrogens with zero attached hydrogens (tertiary/aromatic N) is 1. The van der Waals surface area contributed by atoms with Crippen LogP contribution in [-0.4, -0.2) is 23.7 Å². The van der Waals surface area contributed by atoms with E-state index in [1.807, 2.05) is 12.1 Å². The summed E-state index contributed by atoms with van der Waals surface area (Å²) < 4.78 is 0. The number of hydrogen-bond donors (Lipinski definition) is 2. The number of carbonyl (C=O) groups is 2. The number of anilines is 2. The monoisotopic (exact) mass is 401 g/mol. The zero-order valence-corrected chi connectivity index (χ0v) is 16.3. The zero-order valence-electron chi connectivity index (χ0n) is 16.3. The molecule has 3 aromatic carbocycles. The number of nitro groups is 1. The van der Waals surface area contributed by atoms with Crippen LogP contribution < -0.4 is 10.6 Å². The van der Waals surface area contributed by atoms with Gasteiger partial charge in [-0.25, -0.2) is 0 Å². The summed E-state index contributed by atoms with van der Waals surface area (Å²) in [6.45, 7) is 0. The van der Waals surface area contributed by atoms with E-state index in [4.69, 9.17) is 0 Å². The van der Waals surface area contributed by atoms with Gasteiger partial charge >= 0.3 is 0 Å². The minimum atomic E-state index is -0.435. The number of benzene rings is 3. The Morgan fingerprint density at radius 2 is 1.73 bits per heavy atom. The molecular formula is C23H19N3O4. The topological polar surface area (TPSA) is 101 Å². The fourth-order valence-corrected chi connectivity index (χ4v) is 3.70. The molecule has 0 aromatic heterocycles. The van der Waals surface area contributed by atoms with E-state index in [9.17, 15) is 19.7 Å². The normalized spacial score (nSPS) is 12.4. The van der Waals surface area contributed by atoms with E-state index in [1.165, 1.54) is 6.07 Å². The highest BCUT2D eigenvalue weighted by molar-refractivity contribution is 6.12. The van der Waals surface area contributed by atoms with Crippen molar-refractivity contribution in [2.24, 2.45) is 0 Å². The Balaban J connectivity index is 1.68. The fourth-order valence-electron chi connectivity index (χ4n) is 3.70. The molecule has 0 fully saturated rings. The quantitative estimate of drug-likeness (QED) is 0.508. The number of aryl methyl sites for hydroxylation is 2. The Bertz CT molecular complexity index is 1190. The van der Waals surface area contributed by atoms with Gasteiger partial charge in [-0.3, -0.25) is 19.7 Å². The lowest BCUT2D eigenvalue weighted by atomic mass is 9.96. The first-order valence-corrected chi connectivity index (χ1v) is 9.51. The van der Waals surface area contributed by atoms with Crippen molar-refractivity contribution in [2.75, 3.05) is 12.4 Å². The second-order valence-electron chi connectivity index (χ2n) is 7.05. The van der Waals surface area contributed by atoms with Crippen molar-refractivity contribution in [2.45, 2.75) is 12.8 Å². The molecule has 0 unspecified atom stereocenters. The summed E-state index contributed by atoms with van der Waals surface area (Å²) in [6.07, 6.45) is 1.32. The molecule has 150 valence electrons. The van der Waals surface area contributed by atoms with Crippen LogP contribution in [0.2, 0.25) is 0 Å². The van der Waals surface area contributed by atoms with E-state index in [2.05, 4.69) is 10.6 Å². The summed E-state index contributed by atoms with van der Waals surface area (Å²) >= 11 is 0. The average Bonchev–Trinajstić information content (AvgIpc) is 2.89. The van der Waals surface area contributed by atoms with Crippen molar-refractivity contribution in [3.8, 4) is 0 Å². The van der Waals surface area contributed by atoms with Gasteiger partial charge in [-0.1, -0.05) is 18.2 Å². The Morgan fingerprint density at radius 3 is 2.50 bits per heavy atom. The number of rotatable bonds is 4. The van der Waals surface area contributed by atoms with Crippen molar-refractivity contribution in [3.63, 3.8) is 0 Å². The molecule has 0 aliphatic heterocycles. The van der Waals surface area contributed by atoms with Crippen molar-refractivity contribution < 1.29 is 14.5 Å². The molecule has 1 aliphatic rings. The minimum absolute atomic E-state index is 0.0161. The molecule has 0 saturated carbocycles. The highest BCUT2D eigenvalue weighted by Gasteiger charge is 2.23. The van der Waals surface area contributed by atoms with Crippen LogP contribution in [0, 0.1) is 10.1 Å². The van der Waals surface area contributed by atoms with E-state index in [0.717, 1.165) is 11.1 Å². The molecule has 0 heterocycles. The summed E-state index contributed by atoms with van der Waals surface area (Å²) in [4.78, 5) is 35.9. The Hall–Kier alpha value is -4.00. The van der Waals surface area contributed by atoms with Crippen LogP contribution in [0.4, 0.5) is 17.1 Å². The van der Waals surface area contributed by atoms with Gasteiger partial charge in [0.1, 0.15) is 5.69 Å². The van der Waals surface area contributed by atoms with E-state index < -0.39 is 4.92 Å². The number of fused-ring (bicyclic) bond motifs is 2. The lowest BCUT2D eigenvalue weighted by Crippen LogP contribution is -2.18. The molecule has 4 rings (SSSR count). The van der Waals surface area contributed by atoms with Gasteiger partial charge in [0.2, 0.25) is 0 Å². The summed E-state index contributed by atoms with van der Waals surface area (Å²) in [7, 11) is 1.55. The van der Waals surface area contributed by atoms with Gasteiger partial charge in [0, 0.05) is 35.5 Å². The van der Waals surface area contributed by atoms with Crippen molar-refractivity contribution in [1.82, 2.24) is 5.32 Å². The van der Waals surface area contributed by atoms with E-state index >= 15 is 0 Å². The first-order valence-electron chi connectivity index (χ1n) is 9.51. The van der Waals surface area contributed by atoms with Gasteiger partial charge < -0.3 is 10.6 Å². The molecule has 0 bridgehead atoms. The highest BCUT2D eigenvalue weighted by atomic mass is 16.6. The van der Waals surface area contributed by atoms with Crippen LogP contribution in [0.5, 0.6) is 0 Å². The van der Waals surface area contributed by atoms with Crippen LogP contribution in [0.25, 0.3) is 0 Å². The summed E-state index contributed by atoms with van der Waals surface area (Å²) in [6, 6.07) is 16.9. The minimum Gasteiger partial charge on any atom is -0.355 e. The van der Waals surface area contributed by atoms with Gasteiger partial charge in [-0.15, -0.1) is 0 Å². The summed E-state index contributed by atoms with van der Waals surface area (Å²) in [5.41, 5.74) is 4.37. The van der Waals surface area contributed by atoms with Gasteiger partial charge in [-0.05, 0) is 60.4 Å². The van der Waals surface area contributed by atoms with Gasteiger partial charge in [0.05, 0.1) is 4.92 Å². The number of ketones is 1. The lowest BCUT2D eigenvalue weighted by molar-refractivity contribution is -0.383.